The van der Waals surface area contributed by atoms with E-state index in [1.54, 1.807) is 41.3 Å². The van der Waals surface area contributed by atoms with Crippen molar-refractivity contribution in [1.82, 2.24) is 15.5 Å². The lowest BCUT2D eigenvalue weighted by atomic mass is 10.1. The molecule has 2 heterocycles. The summed E-state index contributed by atoms with van der Waals surface area (Å²) in [5.41, 5.74) is 0.835. The van der Waals surface area contributed by atoms with Crippen LogP contribution < -0.4 is 16.0 Å². The van der Waals surface area contributed by atoms with Crippen molar-refractivity contribution in [2.45, 2.75) is 38.8 Å². The first-order valence-electron chi connectivity index (χ1n) is 11.3. The van der Waals surface area contributed by atoms with E-state index >= 15 is 0 Å². The fourth-order valence-corrected chi connectivity index (χ4v) is 3.53. The Morgan fingerprint density at radius 2 is 2.09 bits per heavy atom. The number of hydrogen-bond acceptors (Lipinski definition) is 7. The molecule has 34 heavy (non-hydrogen) atoms. The number of benzene rings is 1. The lowest BCUT2D eigenvalue weighted by molar-refractivity contribution is -0.149. The maximum absolute atomic E-state index is 12.7. The zero-order valence-electron chi connectivity index (χ0n) is 19.2. The molecule has 0 saturated carbocycles. The normalized spacial score (nSPS) is 15.9. The predicted octanol–water partition coefficient (Wildman–Crippen LogP) is 1.68. The van der Waals surface area contributed by atoms with Gasteiger partial charge in [0.05, 0.1) is 32.4 Å². The fourth-order valence-electron chi connectivity index (χ4n) is 3.53. The van der Waals surface area contributed by atoms with Crippen LogP contribution in [0.5, 0.6) is 0 Å². The summed E-state index contributed by atoms with van der Waals surface area (Å²) in [6.07, 6.45) is 3.07. The van der Waals surface area contributed by atoms with E-state index in [0.29, 0.717) is 36.7 Å². The van der Waals surface area contributed by atoms with Crippen LogP contribution in [-0.2, 0) is 25.7 Å². The number of carbonyl (C=O) groups excluding carboxylic acids is 4. The van der Waals surface area contributed by atoms with Gasteiger partial charge < -0.3 is 25.1 Å². The van der Waals surface area contributed by atoms with Gasteiger partial charge in [-0.15, -0.1) is 0 Å². The highest BCUT2D eigenvalue weighted by Gasteiger charge is 2.33. The minimum Gasteiger partial charge on any atom is -0.467 e. The van der Waals surface area contributed by atoms with E-state index in [4.69, 9.17) is 9.15 Å². The summed E-state index contributed by atoms with van der Waals surface area (Å²) in [6.45, 7) is 3.30. The third-order valence-electron chi connectivity index (χ3n) is 5.32. The summed E-state index contributed by atoms with van der Waals surface area (Å²) in [5, 5.41) is 8.24. The SMILES string of the molecule is CCCCOC(=O)CC1C(=O)NCCN1CC(=O)Nc1cccc(C(=O)NCc2ccco2)c1. The zero-order valence-corrected chi connectivity index (χ0v) is 19.2. The number of unbranched alkanes of at least 4 members (excludes halogenated alkanes) is 1. The summed E-state index contributed by atoms with van der Waals surface area (Å²) >= 11 is 0. The molecule has 0 radical (unpaired) electrons. The molecule has 0 spiro atoms. The van der Waals surface area contributed by atoms with Crippen molar-refractivity contribution in [1.29, 1.82) is 0 Å². The van der Waals surface area contributed by atoms with Crippen LogP contribution in [0.25, 0.3) is 0 Å². The Labute approximate surface area is 198 Å². The van der Waals surface area contributed by atoms with Gasteiger partial charge in [0.15, 0.2) is 0 Å². The Balaban J connectivity index is 1.54. The average Bonchev–Trinajstić information content (AvgIpc) is 3.34. The Bertz CT molecular complexity index is 991. The number of rotatable bonds is 11. The number of nitrogens with zero attached hydrogens (tertiary/aromatic N) is 1. The summed E-state index contributed by atoms with van der Waals surface area (Å²) in [4.78, 5) is 51.2. The Morgan fingerprint density at radius 1 is 1.24 bits per heavy atom. The molecule has 1 aromatic carbocycles. The monoisotopic (exact) mass is 470 g/mol. The van der Waals surface area contributed by atoms with Gasteiger partial charge in [-0.1, -0.05) is 19.4 Å². The van der Waals surface area contributed by atoms with Gasteiger partial charge in [-0.2, -0.15) is 0 Å². The van der Waals surface area contributed by atoms with E-state index in [1.807, 2.05) is 6.92 Å². The second kappa shape index (κ2) is 12.5. The molecule has 0 aliphatic carbocycles. The summed E-state index contributed by atoms with van der Waals surface area (Å²) in [5.74, 6) is -0.794. The summed E-state index contributed by atoms with van der Waals surface area (Å²) < 4.78 is 10.4. The zero-order chi connectivity index (χ0) is 24.3. The lowest BCUT2D eigenvalue weighted by Crippen LogP contribution is -2.57. The van der Waals surface area contributed by atoms with Crippen LogP contribution in [-0.4, -0.2) is 60.9 Å². The molecule has 3 N–H and O–H groups in total. The Morgan fingerprint density at radius 3 is 2.85 bits per heavy atom. The van der Waals surface area contributed by atoms with E-state index < -0.39 is 12.0 Å². The third kappa shape index (κ3) is 7.45. The number of amides is 3. The van der Waals surface area contributed by atoms with Gasteiger partial charge in [0.25, 0.3) is 5.91 Å². The average molecular weight is 471 g/mol. The van der Waals surface area contributed by atoms with Gasteiger partial charge in [-0.05, 0) is 36.8 Å². The molecule has 1 unspecified atom stereocenters. The van der Waals surface area contributed by atoms with Crippen LogP contribution in [0.1, 0.15) is 42.3 Å². The van der Waals surface area contributed by atoms with Gasteiger partial charge in [0.1, 0.15) is 11.8 Å². The first-order chi connectivity index (χ1) is 16.5. The van der Waals surface area contributed by atoms with E-state index in [-0.39, 0.29) is 37.2 Å². The Kier molecular flexibility index (Phi) is 9.21. The van der Waals surface area contributed by atoms with E-state index in [2.05, 4.69) is 16.0 Å². The minimum atomic E-state index is -0.771. The van der Waals surface area contributed by atoms with Crippen LogP contribution in [0, 0.1) is 0 Å². The standard InChI is InChI=1S/C24H30N4O6/c1-2-3-11-34-22(30)14-20-24(32)25-9-10-28(20)16-21(29)27-18-7-4-6-17(13-18)23(31)26-15-19-8-5-12-33-19/h4-8,12-13,20H,2-3,9-11,14-16H2,1H3,(H,25,32)(H,26,31)(H,27,29). The molecule has 1 atom stereocenters. The predicted molar refractivity (Wildman–Crippen MR) is 124 cm³/mol. The first kappa shape index (κ1) is 25.0. The van der Waals surface area contributed by atoms with Crippen molar-refractivity contribution in [2.24, 2.45) is 0 Å². The summed E-state index contributed by atoms with van der Waals surface area (Å²) in [7, 11) is 0. The number of esters is 1. The van der Waals surface area contributed by atoms with E-state index in [1.165, 1.54) is 6.26 Å². The summed E-state index contributed by atoms with van der Waals surface area (Å²) in [6, 6.07) is 9.28. The second-order valence-electron chi connectivity index (χ2n) is 7.95. The van der Waals surface area contributed by atoms with Crippen molar-refractivity contribution in [3.05, 3.63) is 54.0 Å². The molecule has 182 valence electrons. The molecule has 10 heteroatoms. The van der Waals surface area contributed by atoms with Crippen molar-refractivity contribution in [3.8, 4) is 0 Å². The van der Waals surface area contributed by atoms with Crippen LogP contribution in [0.3, 0.4) is 0 Å². The highest BCUT2D eigenvalue weighted by molar-refractivity contribution is 5.98. The topological polar surface area (TPSA) is 130 Å². The largest absolute Gasteiger partial charge is 0.467 e. The van der Waals surface area contributed by atoms with Gasteiger partial charge in [0.2, 0.25) is 11.8 Å². The smallest absolute Gasteiger partial charge is 0.307 e. The van der Waals surface area contributed by atoms with Crippen LogP contribution in [0.15, 0.2) is 47.1 Å². The molecule has 0 bridgehead atoms. The molecule has 1 aromatic heterocycles. The molecule has 1 fully saturated rings. The number of piperazine rings is 1. The van der Waals surface area contributed by atoms with Crippen LogP contribution in [0.4, 0.5) is 5.69 Å². The number of anilines is 1. The van der Waals surface area contributed by atoms with E-state index in [0.717, 1.165) is 12.8 Å². The van der Waals surface area contributed by atoms with Crippen molar-refractivity contribution in [3.63, 3.8) is 0 Å². The van der Waals surface area contributed by atoms with Crippen molar-refractivity contribution in [2.75, 3.05) is 31.6 Å². The number of carbonyl (C=O) groups is 4. The highest BCUT2D eigenvalue weighted by atomic mass is 16.5. The quantitative estimate of drug-likeness (QED) is 0.336. The molecule has 3 rings (SSSR count). The number of nitrogens with one attached hydrogen (secondary N) is 3. The molecule has 1 aliphatic rings. The molecule has 2 aromatic rings. The molecule has 1 aliphatic heterocycles. The second-order valence-corrected chi connectivity index (χ2v) is 7.95. The van der Waals surface area contributed by atoms with Gasteiger partial charge in [-0.3, -0.25) is 24.1 Å². The number of ether oxygens (including phenoxy) is 1. The minimum absolute atomic E-state index is 0.0742. The molecule has 10 nitrogen and oxygen atoms in total. The van der Waals surface area contributed by atoms with E-state index in [9.17, 15) is 19.2 Å². The molecular formula is C24H30N4O6. The first-order valence-corrected chi connectivity index (χ1v) is 11.3. The lowest BCUT2D eigenvalue weighted by Gasteiger charge is -2.33. The molecular weight excluding hydrogens is 440 g/mol. The van der Waals surface area contributed by atoms with Crippen LogP contribution >= 0.6 is 0 Å². The number of furan rings is 1. The van der Waals surface area contributed by atoms with Crippen molar-refractivity contribution >= 4 is 29.4 Å². The highest BCUT2D eigenvalue weighted by Crippen LogP contribution is 2.14. The Hall–Kier alpha value is -3.66. The maximum atomic E-state index is 12.7. The van der Waals surface area contributed by atoms with Gasteiger partial charge >= 0.3 is 5.97 Å². The maximum Gasteiger partial charge on any atom is 0.307 e. The van der Waals surface area contributed by atoms with Gasteiger partial charge in [0, 0.05) is 24.3 Å². The van der Waals surface area contributed by atoms with Crippen molar-refractivity contribution < 1.29 is 28.3 Å². The molecule has 1 saturated heterocycles. The van der Waals surface area contributed by atoms with Gasteiger partial charge in [-0.25, -0.2) is 0 Å². The van der Waals surface area contributed by atoms with Crippen LogP contribution in [0.2, 0.25) is 0 Å². The molecule has 3 amide bonds. The number of hydrogen-bond donors (Lipinski definition) is 3. The third-order valence-corrected chi connectivity index (χ3v) is 5.32. The fraction of sp³-hybridized carbons (Fsp3) is 0.417.